The molecule has 7 nitrogen and oxygen atoms in total. The van der Waals surface area contributed by atoms with E-state index in [2.05, 4.69) is 20.5 Å². The monoisotopic (exact) mass is 325 g/mol. The summed E-state index contributed by atoms with van der Waals surface area (Å²) in [4.78, 5) is 15.1. The lowest BCUT2D eigenvalue weighted by Gasteiger charge is -2.10. The Morgan fingerprint density at radius 1 is 1.38 bits per heavy atom. The molecule has 9 heteroatoms. The molecular weight excluding hydrogens is 314 g/mol. The van der Waals surface area contributed by atoms with E-state index < -0.39 is 5.97 Å². The van der Waals surface area contributed by atoms with E-state index in [-0.39, 0.29) is 10.7 Å². The molecular formula is C12H12ClN5O2S. The average molecular weight is 326 g/mol. The largest absolute Gasteiger partial charge is 0.476 e. The highest BCUT2D eigenvalue weighted by atomic mass is 35.5. The molecule has 2 heterocycles. The third-order valence-corrected chi connectivity index (χ3v) is 4.54. The molecule has 0 radical (unpaired) electrons. The lowest BCUT2D eigenvalue weighted by molar-refractivity contribution is 0.0690. The van der Waals surface area contributed by atoms with Crippen molar-refractivity contribution < 1.29 is 9.90 Å². The first-order valence-electron chi connectivity index (χ1n) is 6.50. The Bertz CT molecular complexity index is 671. The lowest BCUT2D eigenvalue weighted by Crippen LogP contribution is -2.08. The van der Waals surface area contributed by atoms with Gasteiger partial charge >= 0.3 is 5.97 Å². The second kappa shape index (κ2) is 5.98. The van der Waals surface area contributed by atoms with E-state index in [1.165, 1.54) is 30.7 Å². The number of nitrogens with zero attached hydrogens (tertiary/aromatic N) is 5. The van der Waals surface area contributed by atoms with Gasteiger partial charge in [0.1, 0.15) is 5.03 Å². The molecule has 0 aromatic carbocycles. The number of aromatic carboxylic acids is 1. The second-order valence-electron chi connectivity index (χ2n) is 4.73. The highest BCUT2D eigenvalue weighted by Crippen LogP contribution is 2.33. The number of pyridine rings is 1. The molecule has 110 valence electrons. The Balaban J connectivity index is 1.85. The minimum atomic E-state index is -1.15. The summed E-state index contributed by atoms with van der Waals surface area (Å²) in [5, 5.41) is 22.0. The van der Waals surface area contributed by atoms with Gasteiger partial charge in [-0.05, 0) is 47.2 Å². The molecule has 0 aliphatic heterocycles. The highest BCUT2D eigenvalue weighted by molar-refractivity contribution is 7.99. The highest BCUT2D eigenvalue weighted by Gasteiger charge is 2.22. The molecule has 1 aliphatic carbocycles. The van der Waals surface area contributed by atoms with Crippen molar-refractivity contribution in [3.05, 3.63) is 22.8 Å². The van der Waals surface area contributed by atoms with Crippen LogP contribution in [-0.2, 0) is 0 Å². The van der Waals surface area contributed by atoms with E-state index in [4.69, 9.17) is 16.7 Å². The van der Waals surface area contributed by atoms with E-state index in [1.807, 2.05) is 0 Å². The third kappa shape index (κ3) is 3.01. The SMILES string of the molecule is O=C(O)c1nc(Sc2nnnn2C2CCCC2)ccc1Cl. The zero-order valence-corrected chi connectivity index (χ0v) is 12.5. The van der Waals surface area contributed by atoms with E-state index in [1.54, 1.807) is 10.7 Å². The van der Waals surface area contributed by atoms with Gasteiger partial charge in [-0.25, -0.2) is 14.5 Å². The molecule has 1 aliphatic rings. The van der Waals surface area contributed by atoms with E-state index >= 15 is 0 Å². The van der Waals surface area contributed by atoms with Gasteiger partial charge in [0.2, 0.25) is 5.16 Å². The van der Waals surface area contributed by atoms with Crippen LogP contribution in [0.2, 0.25) is 5.02 Å². The van der Waals surface area contributed by atoms with E-state index in [9.17, 15) is 4.79 Å². The van der Waals surface area contributed by atoms with Gasteiger partial charge in [-0.2, -0.15) is 0 Å². The molecule has 0 amide bonds. The Morgan fingerprint density at radius 3 is 2.86 bits per heavy atom. The molecule has 0 saturated heterocycles. The Hall–Kier alpha value is -1.67. The summed E-state index contributed by atoms with van der Waals surface area (Å²) in [5.74, 6) is -1.15. The Morgan fingerprint density at radius 2 is 2.14 bits per heavy atom. The van der Waals surface area contributed by atoms with Gasteiger partial charge in [0, 0.05) is 0 Å². The fraction of sp³-hybridized carbons (Fsp3) is 0.417. The number of carboxylic acid groups (broad SMARTS) is 1. The Kier molecular flexibility index (Phi) is 4.07. The molecule has 21 heavy (non-hydrogen) atoms. The van der Waals surface area contributed by atoms with E-state index in [0.29, 0.717) is 16.2 Å². The zero-order chi connectivity index (χ0) is 14.8. The van der Waals surface area contributed by atoms with Crippen LogP contribution < -0.4 is 0 Å². The molecule has 3 rings (SSSR count). The number of tetrazole rings is 1. The minimum absolute atomic E-state index is 0.113. The van der Waals surface area contributed by atoms with Gasteiger partial charge < -0.3 is 5.11 Å². The fourth-order valence-electron chi connectivity index (χ4n) is 2.36. The summed E-state index contributed by atoms with van der Waals surface area (Å²) in [6, 6.07) is 3.49. The minimum Gasteiger partial charge on any atom is -0.476 e. The van der Waals surface area contributed by atoms with Crippen LogP contribution in [0.4, 0.5) is 0 Å². The third-order valence-electron chi connectivity index (χ3n) is 3.35. The molecule has 0 unspecified atom stereocenters. The molecule has 1 saturated carbocycles. The smallest absolute Gasteiger partial charge is 0.356 e. The number of rotatable bonds is 4. The maximum Gasteiger partial charge on any atom is 0.356 e. The quantitative estimate of drug-likeness (QED) is 0.923. The number of hydrogen-bond donors (Lipinski definition) is 1. The summed E-state index contributed by atoms with van der Waals surface area (Å²) in [6.45, 7) is 0. The van der Waals surface area contributed by atoms with Crippen molar-refractivity contribution >= 4 is 29.3 Å². The van der Waals surface area contributed by atoms with Crippen molar-refractivity contribution in [2.24, 2.45) is 0 Å². The fourth-order valence-corrected chi connectivity index (χ4v) is 3.36. The van der Waals surface area contributed by atoms with Crippen LogP contribution in [-0.4, -0.2) is 36.3 Å². The van der Waals surface area contributed by atoms with Gasteiger partial charge in [0.05, 0.1) is 11.1 Å². The van der Waals surface area contributed by atoms with Crippen LogP contribution in [0.1, 0.15) is 42.2 Å². The molecule has 1 N–H and O–H groups in total. The van der Waals surface area contributed by atoms with E-state index in [0.717, 1.165) is 12.8 Å². The summed E-state index contributed by atoms with van der Waals surface area (Å²) >= 11 is 7.05. The van der Waals surface area contributed by atoms with Crippen molar-refractivity contribution in [2.75, 3.05) is 0 Å². The topological polar surface area (TPSA) is 93.8 Å². The summed E-state index contributed by atoms with van der Waals surface area (Å²) in [6.07, 6.45) is 4.48. The van der Waals surface area contributed by atoms with Crippen LogP contribution in [0.25, 0.3) is 0 Å². The van der Waals surface area contributed by atoms with Crippen LogP contribution >= 0.6 is 23.4 Å². The van der Waals surface area contributed by atoms with Gasteiger partial charge in [0.25, 0.3) is 0 Å². The van der Waals surface area contributed by atoms with Crippen molar-refractivity contribution in [3.63, 3.8) is 0 Å². The van der Waals surface area contributed by atoms with Gasteiger partial charge in [-0.15, -0.1) is 5.10 Å². The Labute approximate surface area is 129 Å². The number of carbonyl (C=O) groups is 1. The predicted octanol–water partition coefficient (Wildman–Crippen LogP) is 2.69. The maximum atomic E-state index is 11.1. The lowest BCUT2D eigenvalue weighted by atomic mass is 10.3. The molecule has 0 atom stereocenters. The number of hydrogen-bond acceptors (Lipinski definition) is 6. The summed E-state index contributed by atoms with van der Waals surface area (Å²) in [7, 11) is 0. The number of carboxylic acids is 1. The van der Waals surface area contributed by atoms with Gasteiger partial charge in [-0.1, -0.05) is 24.4 Å². The first kappa shape index (κ1) is 14.3. The maximum absolute atomic E-state index is 11.1. The molecule has 0 bridgehead atoms. The second-order valence-corrected chi connectivity index (χ2v) is 6.13. The normalized spacial score (nSPS) is 15.5. The first-order chi connectivity index (χ1) is 10.1. The van der Waals surface area contributed by atoms with Crippen LogP contribution in [0.5, 0.6) is 0 Å². The number of aromatic nitrogens is 5. The predicted molar refractivity (Wildman–Crippen MR) is 75.7 cm³/mol. The standard InChI is InChI=1S/C12H12ClN5O2S/c13-8-5-6-9(14-10(8)11(19)20)21-12-15-16-17-18(12)7-3-1-2-4-7/h5-7H,1-4H2,(H,19,20). The summed E-state index contributed by atoms with van der Waals surface area (Å²) < 4.78 is 1.80. The first-order valence-corrected chi connectivity index (χ1v) is 7.70. The molecule has 2 aromatic rings. The van der Waals surface area contributed by atoms with Crippen LogP contribution in [0, 0.1) is 0 Å². The average Bonchev–Trinajstić information content (AvgIpc) is 3.11. The van der Waals surface area contributed by atoms with Crippen molar-refractivity contribution in [1.29, 1.82) is 0 Å². The number of halogens is 1. The van der Waals surface area contributed by atoms with Gasteiger partial charge in [-0.3, -0.25) is 0 Å². The van der Waals surface area contributed by atoms with Crippen molar-refractivity contribution in [2.45, 2.75) is 41.9 Å². The van der Waals surface area contributed by atoms with Crippen LogP contribution in [0.15, 0.2) is 22.3 Å². The van der Waals surface area contributed by atoms with Crippen LogP contribution in [0.3, 0.4) is 0 Å². The molecule has 1 fully saturated rings. The molecule has 2 aromatic heterocycles. The molecule has 0 spiro atoms. The zero-order valence-electron chi connectivity index (χ0n) is 10.9. The summed E-state index contributed by atoms with van der Waals surface area (Å²) in [5.41, 5.74) is -0.165. The van der Waals surface area contributed by atoms with Crippen molar-refractivity contribution in [3.8, 4) is 0 Å². The van der Waals surface area contributed by atoms with Crippen molar-refractivity contribution in [1.82, 2.24) is 25.2 Å². The van der Waals surface area contributed by atoms with Gasteiger partial charge in [0.15, 0.2) is 5.69 Å².